The standard InChI is InChI=1S/C17H24ClN/c1-16(2)7-8-17(12-16)9-10-19-11-14(17)13-5-3-4-6-15(13)18/h3-6,14,19H,7-12H2,1-2H3. The first-order chi connectivity index (χ1) is 9.03. The predicted octanol–water partition coefficient (Wildman–Crippen LogP) is 4.61. The van der Waals surface area contributed by atoms with Gasteiger partial charge in [0.1, 0.15) is 0 Å². The Balaban J connectivity index is 1.97. The number of halogens is 1. The molecule has 1 spiro atoms. The van der Waals surface area contributed by atoms with Gasteiger partial charge in [-0.15, -0.1) is 0 Å². The fourth-order valence-corrected chi connectivity index (χ4v) is 4.67. The van der Waals surface area contributed by atoms with Gasteiger partial charge in [0.05, 0.1) is 0 Å². The van der Waals surface area contributed by atoms with Crippen molar-refractivity contribution in [2.45, 2.75) is 45.4 Å². The van der Waals surface area contributed by atoms with Gasteiger partial charge in [-0.3, -0.25) is 0 Å². The predicted molar refractivity (Wildman–Crippen MR) is 81.7 cm³/mol. The van der Waals surface area contributed by atoms with Crippen molar-refractivity contribution in [3.8, 4) is 0 Å². The Morgan fingerprint density at radius 3 is 2.63 bits per heavy atom. The largest absolute Gasteiger partial charge is 0.316 e. The van der Waals surface area contributed by atoms with Crippen molar-refractivity contribution < 1.29 is 0 Å². The molecule has 1 N–H and O–H groups in total. The van der Waals surface area contributed by atoms with E-state index in [-0.39, 0.29) is 0 Å². The number of piperidine rings is 1. The summed E-state index contributed by atoms with van der Waals surface area (Å²) in [5.74, 6) is 0.580. The van der Waals surface area contributed by atoms with Crippen molar-refractivity contribution >= 4 is 11.6 Å². The maximum absolute atomic E-state index is 6.46. The van der Waals surface area contributed by atoms with Gasteiger partial charge in [-0.25, -0.2) is 0 Å². The van der Waals surface area contributed by atoms with Crippen LogP contribution in [0.1, 0.15) is 51.0 Å². The lowest BCUT2D eigenvalue weighted by Crippen LogP contribution is -2.42. The van der Waals surface area contributed by atoms with Crippen LogP contribution in [0.3, 0.4) is 0 Å². The van der Waals surface area contributed by atoms with Crippen LogP contribution in [-0.2, 0) is 0 Å². The summed E-state index contributed by atoms with van der Waals surface area (Å²) in [6, 6.07) is 8.43. The average Bonchev–Trinajstić information content (AvgIpc) is 2.67. The second-order valence-corrected chi connectivity index (χ2v) is 7.64. The minimum absolute atomic E-state index is 0.472. The molecule has 2 heteroatoms. The van der Waals surface area contributed by atoms with E-state index in [2.05, 4.69) is 31.3 Å². The zero-order valence-electron chi connectivity index (χ0n) is 12.0. The highest BCUT2D eigenvalue weighted by Gasteiger charge is 2.49. The van der Waals surface area contributed by atoms with Gasteiger partial charge in [0.15, 0.2) is 0 Å². The number of nitrogens with one attached hydrogen (secondary N) is 1. The second kappa shape index (κ2) is 4.79. The molecule has 1 heterocycles. The summed E-state index contributed by atoms with van der Waals surface area (Å²) in [4.78, 5) is 0. The van der Waals surface area contributed by atoms with Crippen LogP contribution in [0.5, 0.6) is 0 Å². The highest BCUT2D eigenvalue weighted by molar-refractivity contribution is 6.31. The minimum Gasteiger partial charge on any atom is -0.316 e. The van der Waals surface area contributed by atoms with E-state index < -0.39 is 0 Å². The third kappa shape index (κ3) is 2.43. The Morgan fingerprint density at radius 1 is 1.16 bits per heavy atom. The summed E-state index contributed by atoms with van der Waals surface area (Å²) in [5.41, 5.74) is 2.32. The summed E-state index contributed by atoms with van der Waals surface area (Å²) in [6.45, 7) is 7.09. The molecule has 1 aliphatic heterocycles. The van der Waals surface area contributed by atoms with Crippen LogP contribution in [-0.4, -0.2) is 13.1 Å². The molecular formula is C17H24ClN. The lowest BCUT2D eigenvalue weighted by molar-refractivity contribution is 0.151. The van der Waals surface area contributed by atoms with E-state index in [1.807, 2.05) is 12.1 Å². The van der Waals surface area contributed by atoms with Crippen molar-refractivity contribution in [3.63, 3.8) is 0 Å². The number of rotatable bonds is 1. The molecule has 2 unspecified atom stereocenters. The van der Waals surface area contributed by atoms with Crippen LogP contribution in [0, 0.1) is 10.8 Å². The molecule has 2 aliphatic rings. The van der Waals surface area contributed by atoms with E-state index in [0.717, 1.165) is 18.1 Å². The van der Waals surface area contributed by atoms with Gasteiger partial charge in [0.2, 0.25) is 0 Å². The summed E-state index contributed by atoms with van der Waals surface area (Å²) in [7, 11) is 0. The number of benzene rings is 1. The zero-order valence-corrected chi connectivity index (χ0v) is 12.8. The van der Waals surface area contributed by atoms with Crippen LogP contribution in [0.25, 0.3) is 0 Å². The number of hydrogen-bond donors (Lipinski definition) is 1. The van der Waals surface area contributed by atoms with Gasteiger partial charge in [-0.2, -0.15) is 0 Å². The monoisotopic (exact) mass is 277 g/mol. The molecule has 0 amide bonds. The molecule has 1 saturated heterocycles. The van der Waals surface area contributed by atoms with E-state index in [0.29, 0.717) is 16.7 Å². The minimum atomic E-state index is 0.472. The van der Waals surface area contributed by atoms with E-state index in [1.165, 1.54) is 31.2 Å². The van der Waals surface area contributed by atoms with Crippen molar-refractivity contribution in [2.75, 3.05) is 13.1 Å². The first-order valence-corrected chi connectivity index (χ1v) is 7.85. The Bertz CT molecular complexity index is 468. The van der Waals surface area contributed by atoms with Crippen molar-refractivity contribution in [3.05, 3.63) is 34.9 Å². The summed E-state index contributed by atoms with van der Waals surface area (Å²) in [6.07, 6.45) is 5.36. The highest BCUT2D eigenvalue weighted by atomic mass is 35.5. The zero-order chi connectivity index (χ0) is 13.5. The van der Waals surface area contributed by atoms with Crippen molar-refractivity contribution in [2.24, 2.45) is 10.8 Å². The van der Waals surface area contributed by atoms with Crippen LogP contribution in [0.15, 0.2) is 24.3 Å². The molecule has 0 aromatic heterocycles. The van der Waals surface area contributed by atoms with Gasteiger partial charge in [0.25, 0.3) is 0 Å². The summed E-state index contributed by atoms with van der Waals surface area (Å²) in [5, 5.41) is 4.53. The molecule has 104 valence electrons. The molecular weight excluding hydrogens is 254 g/mol. The summed E-state index contributed by atoms with van der Waals surface area (Å²) < 4.78 is 0. The van der Waals surface area contributed by atoms with Crippen LogP contribution in [0.2, 0.25) is 5.02 Å². The fourth-order valence-electron chi connectivity index (χ4n) is 4.40. The summed E-state index contributed by atoms with van der Waals surface area (Å²) >= 11 is 6.46. The quantitative estimate of drug-likeness (QED) is 0.790. The van der Waals surface area contributed by atoms with Crippen LogP contribution in [0.4, 0.5) is 0 Å². The topological polar surface area (TPSA) is 12.0 Å². The average molecular weight is 278 g/mol. The lowest BCUT2D eigenvalue weighted by Gasteiger charge is -2.43. The van der Waals surface area contributed by atoms with Gasteiger partial charge < -0.3 is 5.32 Å². The fraction of sp³-hybridized carbons (Fsp3) is 0.647. The highest BCUT2D eigenvalue weighted by Crippen LogP contribution is 2.59. The Kier molecular flexibility index (Phi) is 3.39. The molecule has 3 rings (SSSR count). The first kappa shape index (κ1) is 13.5. The van der Waals surface area contributed by atoms with E-state index >= 15 is 0 Å². The van der Waals surface area contributed by atoms with Crippen LogP contribution < -0.4 is 5.32 Å². The molecule has 1 aromatic carbocycles. The maximum Gasteiger partial charge on any atom is 0.0441 e. The molecule has 1 nitrogen and oxygen atoms in total. The molecule has 1 aromatic rings. The third-order valence-electron chi connectivity index (χ3n) is 5.30. The van der Waals surface area contributed by atoms with Crippen molar-refractivity contribution in [1.29, 1.82) is 0 Å². The van der Waals surface area contributed by atoms with E-state index in [9.17, 15) is 0 Å². The third-order valence-corrected chi connectivity index (χ3v) is 5.64. The number of hydrogen-bond acceptors (Lipinski definition) is 1. The van der Waals surface area contributed by atoms with E-state index in [4.69, 9.17) is 11.6 Å². The molecule has 2 fully saturated rings. The first-order valence-electron chi connectivity index (χ1n) is 7.48. The SMILES string of the molecule is CC1(C)CCC2(CCNCC2c2ccccc2Cl)C1. The Hall–Kier alpha value is -0.530. The van der Waals surface area contributed by atoms with Gasteiger partial charge in [-0.1, -0.05) is 43.6 Å². The molecule has 1 aliphatic carbocycles. The van der Waals surface area contributed by atoms with Gasteiger partial charge >= 0.3 is 0 Å². The lowest BCUT2D eigenvalue weighted by atomic mass is 9.65. The Morgan fingerprint density at radius 2 is 1.95 bits per heavy atom. The molecule has 1 saturated carbocycles. The van der Waals surface area contributed by atoms with E-state index in [1.54, 1.807) is 0 Å². The second-order valence-electron chi connectivity index (χ2n) is 7.23. The molecule has 0 bridgehead atoms. The Labute approximate surface area is 121 Å². The molecule has 19 heavy (non-hydrogen) atoms. The van der Waals surface area contributed by atoms with Gasteiger partial charge in [0, 0.05) is 17.5 Å². The molecule has 2 atom stereocenters. The normalized spacial score (nSPS) is 33.7. The van der Waals surface area contributed by atoms with Crippen LogP contribution >= 0.6 is 11.6 Å². The smallest absolute Gasteiger partial charge is 0.0441 e. The molecule has 0 radical (unpaired) electrons. The maximum atomic E-state index is 6.46. The van der Waals surface area contributed by atoms with Crippen molar-refractivity contribution in [1.82, 2.24) is 5.32 Å². The van der Waals surface area contributed by atoms with Gasteiger partial charge in [-0.05, 0) is 54.7 Å².